The molecule has 10 rings (SSSR count). The minimum Gasteiger partial charge on any atom is -0.393 e. The number of rotatable bonds is 0. The van der Waals surface area contributed by atoms with E-state index in [1.165, 1.54) is 37.7 Å². The van der Waals surface area contributed by atoms with E-state index in [1.54, 1.807) is 5.57 Å². The Morgan fingerprint density at radius 3 is 1.67 bits per heavy atom. The molecular formula is C42H62Ac2O7. The average molecular weight is 1130 g/mol. The molecule has 10 aliphatic rings. The van der Waals surface area contributed by atoms with Gasteiger partial charge in [0.1, 0.15) is 0 Å². The zero-order valence-corrected chi connectivity index (χ0v) is 41.3. The first-order valence-corrected chi connectivity index (χ1v) is 20.2. The quantitative estimate of drug-likeness (QED) is 0.247. The van der Waals surface area contributed by atoms with Gasteiger partial charge in [-0.3, -0.25) is 4.79 Å². The van der Waals surface area contributed by atoms with Crippen LogP contribution in [0.1, 0.15) is 124 Å². The van der Waals surface area contributed by atoms with Crippen molar-refractivity contribution >= 4 is 5.78 Å². The number of carbonyl (C=O) groups excluding carboxylic acids is 1. The van der Waals surface area contributed by atoms with Crippen LogP contribution in [0.2, 0.25) is 0 Å². The summed E-state index contributed by atoms with van der Waals surface area (Å²) in [5.74, 6) is 2.68. The van der Waals surface area contributed by atoms with Crippen molar-refractivity contribution in [1.82, 2.24) is 0 Å². The third kappa shape index (κ3) is 6.30. The van der Waals surface area contributed by atoms with Gasteiger partial charge in [0.25, 0.3) is 0 Å². The molecule has 278 valence electrons. The summed E-state index contributed by atoms with van der Waals surface area (Å²) in [5, 5.41) is 21.1. The second kappa shape index (κ2) is 14.6. The maximum atomic E-state index is 13.2. The molecule has 2 aliphatic heterocycles. The van der Waals surface area contributed by atoms with Gasteiger partial charge >= 0.3 is 0 Å². The van der Waals surface area contributed by atoms with Gasteiger partial charge in [0, 0.05) is 120 Å². The van der Waals surface area contributed by atoms with E-state index in [2.05, 4.69) is 33.8 Å². The number of fused-ring (bicyclic) bond motifs is 10. The van der Waals surface area contributed by atoms with E-state index >= 15 is 0 Å². The molecule has 8 unspecified atom stereocenters. The molecule has 7 nitrogen and oxygen atoms in total. The van der Waals surface area contributed by atoms with E-state index in [-0.39, 0.29) is 128 Å². The molecule has 2 spiro atoms. The molecule has 6 saturated carbocycles. The first kappa shape index (κ1) is 41.0. The number of hydrogen-bond acceptors (Lipinski definition) is 7. The van der Waals surface area contributed by atoms with Crippen LogP contribution in [0, 0.1) is 145 Å². The molecule has 8 aliphatic carbocycles. The minimum absolute atomic E-state index is 0. The molecular weight excluding hydrogens is 1070 g/mol. The van der Waals surface area contributed by atoms with E-state index in [1.807, 2.05) is 6.08 Å². The summed E-state index contributed by atoms with van der Waals surface area (Å²) in [6, 6.07) is 0. The summed E-state index contributed by atoms with van der Waals surface area (Å²) >= 11 is 0. The van der Waals surface area contributed by atoms with Crippen LogP contribution in [-0.2, 0) is 23.7 Å². The van der Waals surface area contributed by atoms with Crippen molar-refractivity contribution in [1.29, 1.82) is 0 Å². The summed E-state index contributed by atoms with van der Waals surface area (Å²) in [7, 11) is 0. The third-order valence-electron chi connectivity index (χ3n) is 17.6. The predicted octanol–water partition coefficient (Wildman–Crippen LogP) is 7.29. The fraction of sp³-hybridized carbons (Fsp3) is 0.881. The molecule has 0 aromatic heterocycles. The van der Waals surface area contributed by atoms with Crippen molar-refractivity contribution < 1.29 is 122 Å². The normalized spacial score (nSPS) is 49.7. The summed E-state index contributed by atoms with van der Waals surface area (Å²) in [4.78, 5) is 13.2. The van der Waals surface area contributed by atoms with Crippen LogP contribution in [0.3, 0.4) is 0 Å². The van der Waals surface area contributed by atoms with Crippen LogP contribution in [0.15, 0.2) is 23.3 Å². The fourth-order valence-electron chi connectivity index (χ4n) is 14.4. The Morgan fingerprint density at radius 1 is 0.588 bits per heavy atom. The van der Waals surface area contributed by atoms with Gasteiger partial charge in [0.05, 0.1) is 38.6 Å². The summed E-state index contributed by atoms with van der Waals surface area (Å²) < 4.78 is 23.9. The number of carbonyl (C=O) groups is 1. The molecule has 12 atom stereocenters. The number of ether oxygens (including phenoxy) is 4. The van der Waals surface area contributed by atoms with Gasteiger partial charge in [-0.05, 0) is 128 Å². The third-order valence-corrected chi connectivity index (χ3v) is 17.6. The molecule has 51 heavy (non-hydrogen) atoms. The van der Waals surface area contributed by atoms with Crippen molar-refractivity contribution in [3.05, 3.63) is 23.3 Å². The van der Waals surface area contributed by atoms with E-state index in [0.29, 0.717) is 36.2 Å². The zero-order chi connectivity index (χ0) is 34.0. The first-order chi connectivity index (χ1) is 23.3. The van der Waals surface area contributed by atoms with Crippen LogP contribution in [0.25, 0.3) is 0 Å². The number of ketones is 1. The fourth-order valence-corrected chi connectivity index (χ4v) is 14.4. The summed E-state index contributed by atoms with van der Waals surface area (Å²) in [6.45, 7) is 12.3. The Balaban J connectivity index is 0.000000153. The van der Waals surface area contributed by atoms with Crippen molar-refractivity contribution in [2.24, 2.45) is 57.2 Å². The van der Waals surface area contributed by atoms with Gasteiger partial charge in [-0.2, -0.15) is 0 Å². The first-order valence-electron chi connectivity index (χ1n) is 20.2. The van der Waals surface area contributed by atoms with Crippen LogP contribution in [0.4, 0.5) is 0 Å². The molecule has 9 heteroatoms. The van der Waals surface area contributed by atoms with Gasteiger partial charge in [0.2, 0.25) is 0 Å². The van der Waals surface area contributed by atoms with Crippen LogP contribution in [-0.4, -0.2) is 66.2 Å². The Hall–Kier alpha value is 1.79. The standard InChI is InChI=1S/C21H30O4.C21H32O3.2Ac/c1-19-7-8-21(24-9-10-25-21)12-13(19)11-16(22)18-14-3-4-17(23)20(14,2)6-5-15(18)19;1-19-9-10-21(23-11-12-24-21)13-14(19)3-4-15-16-5-6-18(22)20(16,2)8-7-17(15)19;;/h11,14-15,17-18,23H,3-10,12H2,1-2H3;3,15-18,22H,4-13H2,1-2H3;;/t14?,15?,17?,18?,19-,20-;15?,16?,17?,18?,19-,20-;;/m00../s1. The Bertz CT molecular complexity index is 1420. The Kier molecular flexibility index (Phi) is 11.7. The van der Waals surface area contributed by atoms with Crippen molar-refractivity contribution in [3.8, 4) is 0 Å². The minimum atomic E-state index is -0.467. The van der Waals surface area contributed by atoms with Gasteiger partial charge in [0.15, 0.2) is 17.4 Å². The monoisotopic (exact) mass is 1130 g/mol. The van der Waals surface area contributed by atoms with Gasteiger partial charge < -0.3 is 29.2 Å². The van der Waals surface area contributed by atoms with Gasteiger partial charge in [-0.15, -0.1) is 0 Å². The molecule has 0 aromatic carbocycles. The summed E-state index contributed by atoms with van der Waals surface area (Å²) in [6.07, 6.45) is 20.1. The second-order valence-corrected chi connectivity index (χ2v) is 19.3. The van der Waals surface area contributed by atoms with E-state index in [9.17, 15) is 15.0 Å². The SMILES string of the molecule is C[C@]12CCC3C(C(=O)C=C4CC5(CC[C@@]43C)OCCO5)C1CCC2O.C[C@]12CCC3C(CC=C4CC5(CC[C@@]43C)OCCO5)C1CCC2O.[Ac].[Ac]. The molecule has 0 bridgehead atoms. The molecule has 2 heterocycles. The number of aliphatic hydroxyl groups is 2. The molecule has 8 fully saturated rings. The molecule has 2 radical (unpaired) electrons. The van der Waals surface area contributed by atoms with E-state index in [0.717, 1.165) is 95.2 Å². The molecule has 2 saturated heterocycles. The van der Waals surface area contributed by atoms with E-state index < -0.39 is 5.79 Å². The predicted molar refractivity (Wildman–Crippen MR) is 185 cm³/mol. The van der Waals surface area contributed by atoms with E-state index in [4.69, 9.17) is 18.9 Å². The largest absolute Gasteiger partial charge is 0.393 e. The Morgan fingerprint density at radius 2 is 1.08 bits per heavy atom. The number of aliphatic hydroxyl groups excluding tert-OH is 2. The second-order valence-electron chi connectivity index (χ2n) is 19.3. The van der Waals surface area contributed by atoms with Gasteiger partial charge in [-0.1, -0.05) is 44.9 Å². The van der Waals surface area contributed by atoms with Crippen LogP contribution >= 0.6 is 0 Å². The van der Waals surface area contributed by atoms with Crippen molar-refractivity contribution in [2.45, 2.75) is 148 Å². The topological polar surface area (TPSA) is 94.5 Å². The molecule has 2 N–H and O–H groups in total. The van der Waals surface area contributed by atoms with Crippen molar-refractivity contribution in [3.63, 3.8) is 0 Å². The maximum absolute atomic E-state index is 13.2. The summed E-state index contributed by atoms with van der Waals surface area (Å²) in [5.41, 5.74) is 3.41. The van der Waals surface area contributed by atoms with Crippen molar-refractivity contribution in [2.75, 3.05) is 26.4 Å². The smallest absolute Gasteiger partial charge is 0.172 e. The average Bonchev–Trinajstić information content (AvgIpc) is 3.87. The maximum Gasteiger partial charge on any atom is 0.172 e. The van der Waals surface area contributed by atoms with Crippen LogP contribution in [0.5, 0.6) is 0 Å². The molecule has 0 amide bonds. The molecule has 0 aromatic rings. The number of hydrogen-bond donors (Lipinski definition) is 2. The van der Waals surface area contributed by atoms with Gasteiger partial charge in [-0.25, -0.2) is 0 Å². The Labute approximate surface area is 378 Å². The number of allylic oxidation sites excluding steroid dienone is 2. The zero-order valence-electron chi connectivity index (χ0n) is 31.8. The van der Waals surface area contributed by atoms with Crippen LogP contribution < -0.4 is 0 Å².